The van der Waals surface area contributed by atoms with Crippen LogP contribution in [0.4, 0.5) is 8.78 Å². The van der Waals surface area contributed by atoms with Crippen molar-refractivity contribution in [2.75, 3.05) is 5.88 Å². The van der Waals surface area contributed by atoms with Gasteiger partial charge in [-0.25, -0.2) is 8.78 Å². The fourth-order valence-corrected chi connectivity index (χ4v) is 1.65. The molecule has 0 radical (unpaired) electrons. The third-order valence-corrected chi connectivity index (χ3v) is 2.41. The van der Waals surface area contributed by atoms with Crippen molar-refractivity contribution < 1.29 is 13.6 Å². The van der Waals surface area contributed by atoms with E-state index in [0.29, 0.717) is 0 Å². The molecule has 0 aliphatic rings. The number of ketones is 1. The molecule has 1 rings (SSSR count). The second kappa shape index (κ2) is 5.42. The lowest BCUT2D eigenvalue weighted by atomic mass is 10.0. The number of carbonyl (C=O) groups is 1. The molecule has 0 spiro atoms. The number of Topliss-reactive ketones (excluding diaryl/α,β-unsaturated/α-hetero) is 1. The first kappa shape index (κ1) is 12.4. The van der Waals surface area contributed by atoms with Crippen LogP contribution in [0, 0.1) is 0 Å². The molecule has 0 bridgehead atoms. The number of halogens is 4. The van der Waals surface area contributed by atoms with Crippen LogP contribution in [0.1, 0.15) is 28.8 Å². The molecule has 1 aromatic carbocycles. The molecule has 0 atom stereocenters. The largest absolute Gasteiger partial charge is 0.294 e. The molecule has 1 aromatic rings. The Hall–Kier alpha value is -0.670. The molecule has 0 heterocycles. The van der Waals surface area contributed by atoms with Crippen LogP contribution >= 0.6 is 23.2 Å². The number of rotatable bonds is 4. The highest BCUT2D eigenvalue weighted by Gasteiger charge is 2.20. The Morgan fingerprint density at radius 2 is 2.07 bits per heavy atom. The maximum absolute atomic E-state index is 12.6. The number of carbonyl (C=O) groups excluding carboxylic acids is 1. The standard InChI is InChI=1S/C10H8Cl2F2O/c11-5-4-8(15)6-2-1-3-7(12)9(6)10(13)14/h1-3,10H,4-5H2. The van der Waals surface area contributed by atoms with E-state index in [0.717, 1.165) is 0 Å². The first-order valence-electron chi connectivity index (χ1n) is 4.23. The summed E-state index contributed by atoms with van der Waals surface area (Å²) in [6, 6.07) is 4.14. The molecule has 82 valence electrons. The Morgan fingerprint density at radius 1 is 1.40 bits per heavy atom. The number of hydrogen-bond acceptors (Lipinski definition) is 1. The fraction of sp³-hybridized carbons (Fsp3) is 0.300. The summed E-state index contributed by atoms with van der Waals surface area (Å²) in [5.74, 6) is -0.309. The Morgan fingerprint density at radius 3 is 2.60 bits per heavy atom. The maximum Gasteiger partial charge on any atom is 0.265 e. The number of alkyl halides is 3. The SMILES string of the molecule is O=C(CCCl)c1cccc(Cl)c1C(F)F. The van der Waals surface area contributed by atoms with Gasteiger partial charge in [0.2, 0.25) is 0 Å². The molecule has 0 N–H and O–H groups in total. The van der Waals surface area contributed by atoms with Gasteiger partial charge in [-0.2, -0.15) is 0 Å². The smallest absolute Gasteiger partial charge is 0.265 e. The van der Waals surface area contributed by atoms with E-state index >= 15 is 0 Å². The highest BCUT2D eigenvalue weighted by Crippen LogP contribution is 2.30. The van der Waals surface area contributed by atoms with E-state index < -0.39 is 17.8 Å². The zero-order valence-corrected chi connectivity index (χ0v) is 9.16. The molecule has 0 amide bonds. The van der Waals surface area contributed by atoms with Gasteiger partial charge in [-0.05, 0) is 6.07 Å². The van der Waals surface area contributed by atoms with Crippen molar-refractivity contribution in [3.05, 3.63) is 34.3 Å². The van der Waals surface area contributed by atoms with E-state index in [2.05, 4.69) is 0 Å². The molecule has 0 aliphatic carbocycles. The lowest BCUT2D eigenvalue weighted by molar-refractivity contribution is 0.0975. The maximum atomic E-state index is 12.6. The lowest BCUT2D eigenvalue weighted by Gasteiger charge is -2.08. The highest BCUT2D eigenvalue weighted by molar-refractivity contribution is 6.32. The first-order chi connectivity index (χ1) is 7.07. The molecule has 0 aromatic heterocycles. The van der Waals surface area contributed by atoms with Gasteiger partial charge in [-0.3, -0.25) is 4.79 Å². The average Bonchev–Trinajstić information content (AvgIpc) is 2.17. The predicted molar refractivity (Wildman–Crippen MR) is 56.1 cm³/mol. The van der Waals surface area contributed by atoms with Crippen molar-refractivity contribution in [1.29, 1.82) is 0 Å². The summed E-state index contributed by atoms with van der Waals surface area (Å²) in [5, 5.41) is -0.0922. The quantitative estimate of drug-likeness (QED) is 0.583. The van der Waals surface area contributed by atoms with E-state index in [1.165, 1.54) is 18.2 Å². The summed E-state index contributed by atoms with van der Waals surface area (Å²) in [6.45, 7) is 0. The van der Waals surface area contributed by atoms with Crippen molar-refractivity contribution >= 4 is 29.0 Å². The summed E-state index contributed by atoms with van der Waals surface area (Å²) in [7, 11) is 0. The zero-order valence-electron chi connectivity index (χ0n) is 7.64. The Kier molecular flexibility index (Phi) is 4.48. The normalized spacial score (nSPS) is 10.7. The molecule has 0 saturated carbocycles. The van der Waals surface area contributed by atoms with Gasteiger partial charge in [0.1, 0.15) is 0 Å². The Labute approximate surface area is 96.0 Å². The third-order valence-electron chi connectivity index (χ3n) is 1.89. The Bertz CT molecular complexity index is 366. The van der Waals surface area contributed by atoms with Crippen LogP contribution in [0.25, 0.3) is 0 Å². The average molecular weight is 253 g/mol. The van der Waals surface area contributed by atoms with Gasteiger partial charge >= 0.3 is 0 Å². The van der Waals surface area contributed by atoms with Crippen molar-refractivity contribution in [3.8, 4) is 0 Å². The van der Waals surface area contributed by atoms with E-state index in [1.807, 2.05) is 0 Å². The van der Waals surface area contributed by atoms with Crippen molar-refractivity contribution in [1.82, 2.24) is 0 Å². The molecule has 0 fully saturated rings. The molecule has 15 heavy (non-hydrogen) atoms. The molecule has 1 nitrogen and oxygen atoms in total. The van der Waals surface area contributed by atoms with Crippen LogP contribution in [0.5, 0.6) is 0 Å². The van der Waals surface area contributed by atoms with Crippen molar-refractivity contribution in [2.24, 2.45) is 0 Å². The zero-order chi connectivity index (χ0) is 11.4. The van der Waals surface area contributed by atoms with Gasteiger partial charge in [0.15, 0.2) is 5.78 Å². The van der Waals surface area contributed by atoms with Crippen LogP contribution in [-0.4, -0.2) is 11.7 Å². The molecular weight excluding hydrogens is 245 g/mol. The van der Waals surface area contributed by atoms with Crippen LogP contribution < -0.4 is 0 Å². The topological polar surface area (TPSA) is 17.1 Å². The number of benzene rings is 1. The van der Waals surface area contributed by atoms with Gasteiger partial charge in [0.25, 0.3) is 6.43 Å². The molecular formula is C10H8Cl2F2O. The molecule has 0 unspecified atom stereocenters. The minimum atomic E-state index is -2.76. The Balaban J connectivity index is 3.17. The van der Waals surface area contributed by atoms with Gasteiger partial charge < -0.3 is 0 Å². The van der Waals surface area contributed by atoms with Crippen LogP contribution in [0.3, 0.4) is 0 Å². The number of hydrogen-bond donors (Lipinski definition) is 0. The summed E-state index contributed by atoms with van der Waals surface area (Å²) < 4.78 is 25.2. The van der Waals surface area contributed by atoms with E-state index in [9.17, 15) is 13.6 Å². The summed E-state index contributed by atoms with van der Waals surface area (Å²) in [6.07, 6.45) is -2.73. The van der Waals surface area contributed by atoms with Crippen molar-refractivity contribution in [2.45, 2.75) is 12.8 Å². The third kappa shape index (κ3) is 2.89. The second-order valence-electron chi connectivity index (χ2n) is 2.86. The minimum absolute atomic E-state index is 0.0294. The van der Waals surface area contributed by atoms with Gasteiger partial charge in [-0.1, -0.05) is 23.7 Å². The van der Waals surface area contributed by atoms with Crippen LogP contribution in [0.2, 0.25) is 5.02 Å². The minimum Gasteiger partial charge on any atom is -0.294 e. The summed E-state index contributed by atoms with van der Waals surface area (Å²) in [5.41, 5.74) is -0.451. The van der Waals surface area contributed by atoms with Crippen LogP contribution in [0.15, 0.2) is 18.2 Å². The summed E-state index contributed by atoms with van der Waals surface area (Å²) in [4.78, 5) is 11.4. The summed E-state index contributed by atoms with van der Waals surface area (Å²) >= 11 is 11.0. The molecule has 5 heteroatoms. The van der Waals surface area contributed by atoms with Crippen molar-refractivity contribution in [3.63, 3.8) is 0 Å². The van der Waals surface area contributed by atoms with Crippen LogP contribution in [-0.2, 0) is 0 Å². The predicted octanol–water partition coefficient (Wildman–Crippen LogP) is 4.09. The van der Waals surface area contributed by atoms with Gasteiger partial charge in [0, 0.05) is 23.4 Å². The van der Waals surface area contributed by atoms with Gasteiger partial charge in [0.05, 0.1) is 5.02 Å². The van der Waals surface area contributed by atoms with E-state index in [1.54, 1.807) is 0 Å². The lowest BCUT2D eigenvalue weighted by Crippen LogP contribution is -2.05. The monoisotopic (exact) mass is 252 g/mol. The van der Waals surface area contributed by atoms with Gasteiger partial charge in [-0.15, -0.1) is 11.6 Å². The second-order valence-corrected chi connectivity index (χ2v) is 3.65. The molecule has 0 aliphatic heterocycles. The fourth-order valence-electron chi connectivity index (χ4n) is 1.22. The van der Waals surface area contributed by atoms with E-state index in [-0.39, 0.29) is 22.9 Å². The highest BCUT2D eigenvalue weighted by atomic mass is 35.5. The molecule has 0 saturated heterocycles. The van der Waals surface area contributed by atoms with E-state index in [4.69, 9.17) is 23.2 Å². The first-order valence-corrected chi connectivity index (χ1v) is 5.15.